The van der Waals surface area contributed by atoms with Gasteiger partial charge in [0.1, 0.15) is 12.1 Å². The van der Waals surface area contributed by atoms with Gasteiger partial charge in [-0.2, -0.15) is 0 Å². The molecule has 3 heteroatoms. The van der Waals surface area contributed by atoms with Gasteiger partial charge in [-0.15, -0.1) is 0 Å². The van der Waals surface area contributed by atoms with Crippen LogP contribution in [0, 0.1) is 11.8 Å². The van der Waals surface area contributed by atoms with Crippen LogP contribution in [0.25, 0.3) is 0 Å². The SMILES string of the molecule is CC1CC(C)CC(OC(=O)C2CCCCCN2)C1. The van der Waals surface area contributed by atoms with Crippen LogP contribution in [0.15, 0.2) is 0 Å². The van der Waals surface area contributed by atoms with Gasteiger partial charge in [-0.05, 0) is 50.5 Å². The molecule has 1 heterocycles. The lowest BCUT2D eigenvalue weighted by molar-refractivity contribution is -0.154. The van der Waals surface area contributed by atoms with Gasteiger partial charge in [-0.3, -0.25) is 4.79 Å². The highest BCUT2D eigenvalue weighted by molar-refractivity contribution is 5.76. The van der Waals surface area contributed by atoms with E-state index in [2.05, 4.69) is 19.2 Å². The van der Waals surface area contributed by atoms with Crippen LogP contribution in [0.4, 0.5) is 0 Å². The predicted molar refractivity (Wildman–Crippen MR) is 72.3 cm³/mol. The molecule has 2 fully saturated rings. The summed E-state index contributed by atoms with van der Waals surface area (Å²) in [5.74, 6) is 1.37. The molecule has 0 aromatic carbocycles. The zero-order valence-corrected chi connectivity index (χ0v) is 11.8. The van der Waals surface area contributed by atoms with E-state index in [4.69, 9.17) is 4.74 Å². The molecule has 3 unspecified atom stereocenters. The molecule has 0 radical (unpaired) electrons. The maximum absolute atomic E-state index is 12.1. The highest BCUT2D eigenvalue weighted by atomic mass is 16.5. The quantitative estimate of drug-likeness (QED) is 0.769. The van der Waals surface area contributed by atoms with Crippen molar-refractivity contribution in [2.24, 2.45) is 11.8 Å². The second-order valence-corrected chi connectivity index (χ2v) is 6.33. The van der Waals surface area contributed by atoms with Gasteiger partial charge in [0.25, 0.3) is 0 Å². The molecule has 104 valence electrons. The van der Waals surface area contributed by atoms with Crippen molar-refractivity contribution >= 4 is 5.97 Å². The van der Waals surface area contributed by atoms with Gasteiger partial charge in [0.05, 0.1) is 0 Å². The van der Waals surface area contributed by atoms with E-state index in [9.17, 15) is 4.79 Å². The Hall–Kier alpha value is -0.570. The van der Waals surface area contributed by atoms with Crippen LogP contribution in [-0.2, 0) is 9.53 Å². The molecule has 0 aromatic heterocycles. The summed E-state index contributed by atoms with van der Waals surface area (Å²) >= 11 is 0. The predicted octanol–water partition coefficient (Wildman–Crippen LogP) is 2.89. The smallest absolute Gasteiger partial charge is 0.323 e. The molecule has 0 amide bonds. The molecular weight excluding hydrogens is 226 g/mol. The fourth-order valence-corrected chi connectivity index (χ4v) is 3.45. The lowest BCUT2D eigenvalue weighted by Gasteiger charge is -2.32. The Morgan fingerprint density at radius 3 is 2.50 bits per heavy atom. The van der Waals surface area contributed by atoms with E-state index in [0.717, 1.165) is 32.2 Å². The van der Waals surface area contributed by atoms with E-state index < -0.39 is 0 Å². The molecule has 0 aromatic rings. The van der Waals surface area contributed by atoms with Crippen molar-refractivity contribution in [3.63, 3.8) is 0 Å². The summed E-state index contributed by atoms with van der Waals surface area (Å²) < 4.78 is 5.73. The number of hydrogen-bond donors (Lipinski definition) is 1. The lowest BCUT2D eigenvalue weighted by Crippen LogP contribution is -2.40. The van der Waals surface area contributed by atoms with Crippen LogP contribution in [0.2, 0.25) is 0 Å². The van der Waals surface area contributed by atoms with Crippen molar-refractivity contribution in [3.05, 3.63) is 0 Å². The van der Waals surface area contributed by atoms with Gasteiger partial charge in [0, 0.05) is 0 Å². The molecule has 1 saturated carbocycles. The van der Waals surface area contributed by atoms with E-state index in [1.165, 1.54) is 19.3 Å². The van der Waals surface area contributed by atoms with Crippen molar-refractivity contribution in [2.75, 3.05) is 6.54 Å². The van der Waals surface area contributed by atoms with Crippen molar-refractivity contribution in [1.29, 1.82) is 0 Å². The van der Waals surface area contributed by atoms with Crippen molar-refractivity contribution in [3.8, 4) is 0 Å². The molecule has 3 atom stereocenters. The van der Waals surface area contributed by atoms with E-state index in [-0.39, 0.29) is 18.1 Å². The summed E-state index contributed by atoms with van der Waals surface area (Å²) in [7, 11) is 0. The van der Waals surface area contributed by atoms with Gasteiger partial charge in [0.2, 0.25) is 0 Å². The molecule has 1 saturated heterocycles. The fraction of sp³-hybridized carbons (Fsp3) is 0.933. The second-order valence-electron chi connectivity index (χ2n) is 6.33. The second kappa shape index (κ2) is 6.55. The Labute approximate surface area is 111 Å². The van der Waals surface area contributed by atoms with E-state index in [1.54, 1.807) is 0 Å². The molecule has 1 aliphatic heterocycles. The largest absolute Gasteiger partial charge is 0.461 e. The van der Waals surface area contributed by atoms with Crippen LogP contribution in [-0.4, -0.2) is 24.7 Å². The van der Waals surface area contributed by atoms with Crippen LogP contribution in [0.5, 0.6) is 0 Å². The normalized spacial score (nSPS) is 37.9. The molecule has 0 spiro atoms. The zero-order valence-electron chi connectivity index (χ0n) is 11.8. The third kappa shape index (κ3) is 3.98. The summed E-state index contributed by atoms with van der Waals surface area (Å²) in [6.45, 7) is 5.48. The first-order chi connectivity index (χ1) is 8.65. The molecule has 0 bridgehead atoms. The molecular formula is C15H27NO2. The number of carbonyl (C=O) groups excluding carboxylic acids is 1. The maximum atomic E-state index is 12.1. The van der Waals surface area contributed by atoms with Crippen molar-refractivity contribution in [2.45, 2.75) is 70.9 Å². The van der Waals surface area contributed by atoms with Crippen molar-refractivity contribution < 1.29 is 9.53 Å². The van der Waals surface area contributed by atoms with Crippen LogP contribution >= 0.6 is 0 Å². The number of carbonyl (C=O) groups is 1. The minimum atomic E-state index is -0.0555. The van der Waals surface area contributed by atoms with Gasteiger partial charge < -0.3 is 10.1 Å². The summed E-state index contributed by atoms with van der Waals surface area (Å²) in [4.78, 5) is 12.1. The third-order valence-electron chi connectivity index (χ3n) is 4.26. The first-order valence-electron chi connectivity index (χ1n) is 7.59. The summed E-state index contributed by atoms with van der Waals surface area (Å²) in [5.41, 5.74) is 0. The van der Waals surface area contributed by atoms with E-state index in [0.29, 0.717) is 11.8 Å². The average Bonchev–Trinajstić information content (AvgIpc) is 2.55. The summed E-state index contributed by atoms with van der Waals surface area (Å²) in [6, 6.07) is -0.0555. The Balaban J connectivity index is 1.82. The number of nitrogens with one attached hydrogen (secondary N) is 1. The number of hydrogen-bond acceptors (Lipinski definition) is 3. The lowest BCUT2D eigenvalue weighted by atomic mass is 9.82. The molecule has 18 heavy (non-hydrogen) atoms. The van der Waals surface area contributed by atoms with Gasteiger partial charge in [-0.1, -0.05) is 26.7 Å². The Bertz CT molecular complexity index is 262. The Kier molecular flexibility index (Phi) is 5.04. The van der Waals surface area contributed by atoms with Gasteiger partial charge >= 0.3 is 5.97 Å². The van der Waals surface area contributed by atoms with Gasteiger partial charge in [-0.25, -0.2) is 0 Å². The average molecular weight is 253 g/mol. The molecule has 1 aliphatic carbocycles. The highest BCUT2D eigenvalue weighted by Gasteiger charge is 2.29. The van der Waals surface area contributed by atoms with Gasteiger partial charge in [0.15, 0.2) is 0 Å². The molecule has 1 N–H and O–H groups in total. The number of esters is 1. The monoisotopic (exact) mass is 253 g/mol. The third-order valence-corrected chi connectivity index (χ3v) is 4.26. The molecule has 3 nitrogen and oxygen atoms in total. The topological polar surface area (TPSA) is 38.3 Å². The van der Waals surface area contributed by atoms with Crippen molar-refractivity contribution in [1.82, 2.24) is 5.32 Å². The molecule has 2 rings (SSSR count). The number of ether oxygens (including phenoxy) is 1. The standard InChI is InChI=1S/C15H27NO2/c1-11-8-12(2)10-13(9-11)18-15(17)14-6-4-3-5-7-16-14/h11-14,16H,3-10H2,1-2H3. The molecule has 2 aliphatic rings. The van der Waals surface area contributed by atoms with Crippen LogP contribution in [0.3, 0.4) is 0 Å². The Morgan fingerprint density at radius 2 is 1.78 bits per heavy atom. The van der Waals surface area contributed by atoms with Crippen LogP contribution < -0.4 is 5.32 Å². The first kappa shape index (κ1) is 13.9. The van der Waals surface area contributed by atoms with E-state index in [1.807, 2.05) is 0 Å². The highest BCUT2D eigenvalue weighted by Crippen LogP contribution is 2.30. The zero-order chi connectivity index (χ0) is 13.0. The first-order valence-corrected chi connectivity index (χ1v) is 7.59. The summed E-state index contributed by atoms with van der Waals surface area (Å²) in [6.07, 6.45) is 8.01. The maximum Gasteiger partial charge on any atom is 0.323 e. The summed E-state index contributed by atoms with van der Waals surface area (Å²) in [5, 5.41) is 3.32. The number of rotatable bonds is 2. The minimum absolute atomic E-state index is 0.0109. The minimum Gasteiger partial charge on any atom is -0.461 e. The Morgan fingerprint density at radius 1 is 1.06 bits per heavy atom. The van der Waals surface area contributed by atoms with E-state index >= 15 is 0 Å². The van der Waals surface area contributed by atoms with Crippen LogP contribution in [0.1, 0.15) is 58.8 Å². The fourth-order valence-electron chi connectivity index (χ4n) is 3.45.